The molecule has 0 saturated carbocycles. The van der Waals surface area contributed by atoms with Gasteiger partial charge < -0.3 is 4.43 Å². The van der Waals surface area contributed by atoms with E-state index in [1.807, 2.05) is 19.6 Å². The average Bonchev–Trinajstić information content (AvgIpc) is 2.01. The lowest BCUT2D eigenvalue weighted by atomic mass is 10.0. The maximum Gasteiger partial charge on any atom is 0.295 e. The third kappa shape index (κ3) is 5.97. The van der Waals surface area contributed by atoms with E-state index < -0.39 is 8.32 Å². The van der Waals surface area contributed by atoms with E-state index in [1.54, 1.807) is 6.08 Å². The average molecular weight is 214 g/mol. The van der Waals surface area contributed by atoms with Crippen LogP contribution < -0.4 is 0 Å². The summed E-state index contributed by atoms with van der Waals surface area (Å²) in [5.74, 6) is -0.0184. The molecule has 3 heteroatoms. The molecule has 0 bridgehead atoms. The maximum atomic E-state index is 11.7. The lowest BCUT2D eigenvalue weighted by Crippen LogP contribution is -2.32. The molecule has 14 heavy (non-hydrogen) atoms. The first-order chi connectivity index (χ1) is 6.40. The minimum absolute atomic E-state index is 0.0178. The number of hydrogen-bond acceptors (Lipinski definition) is 2. The van der Waals surface area contributed by atoms with E-state index in [-0.39, 0.29) is 11.9 Å². The summed E-state index contributed by atoms with van der Waals surface area (Å²) in [4.78, 5) is 11.7. The van der Waals surface area contributed by atoms with Crippen molar-refractivity contribution in [3.63, 3.8) is 0 Å². The van der Waals surface area contributed by atoms with Crippen molar-refractivity contribution in [1.29, 1.82) is 0 Å². The Kier molecular flexibility index (Phi) is 5.77. The van der Waals surface area contributed by atoms with Gasteiger partial charge in [-0.15, -0.1) is 6.58 Å². The summed E-state index contributed by atoms with van der Waals surface area (Å²) in [6.45, 7) is 11.8. The van der Waals surface area contributed by atoms with Crippen LogP contribution in [0.5, 0.6) is 0 Å². The molecule has 1 atom stereocenters. The van der Waals surface area contributed by atoms with Crippen LogP contribution in [0, 0.1) is 5.92 Å². The minimum atomic E-state index is -1.72. The van der Waals surface area contributed by atoms with Gasteiger partial charge in [-0.3, -0.25) is 4.79 Å². The zero-order valence-corrected chi connectivity index (χ0v) is 10.8. The van der Waals surface area contributed by atoms with E-state index in [0.717, 1.165) is 19.3 Å². The Hall–Kier alpha value is -0.573. The van der Waals surface area contributed by atoms with Gasteiger partial charge in [0.15, 0.2) is 0 Å². The Balaban J connectivity index is 4.21. The smallest absolute Gasteiger partial charge is 0.295 e. The summed E-state index contributed by atoms with van der Waals surface area (Å²) in [6.07, 6.45) is 4.44. The summed E-state index contributed by atoms with van der Waals surface area (Å²) in [6, 6.07) is 0. The molecule has 0 radical (unpaired) electrons. The highest BCUT2D eigenvalue weighted by molar-refractivity contribution is 6.71. The van der Waals surface area contributed by atoms with Crippen LogP contribution >= 0.6 is 0 Å². The highest BCUT2D eigenvalue weighted by Crippen LogP contribution is 2.16. The number of allylic oxidation sites excluding steroid dienone is 1. The van der Waals surface area contributed by atoms with Gasteiger partial charge in [0.1, 0.15) is 0 Å². The van der Waals surface area contributed by atoms with Crippen molar-refractivity contribution in [2.45, 2.75) is 45.8 Å². The molecule has 1 unspecified atom stereocenters. The molecule has 0 N–H and O–H groups in total. The highest BCUT2D eigenvalue weighted by atomic mass is 28.4. The van der Waals surface area contributed by atoms with Gasteiger partial charge in [-0.2, -0.15) is 0 Å². The molecule has 0 aromatic carbocycles. The molecule has 0 aliphatic carbocycles. The molecule has 0 aromatic heterocycles. The fourth-order valence-corrected chi connectivity index (χ4v) is 2.04. The second kappa shape index (κ2) is 6.01. The molecule has 0 heterocycles. The molecule has 82 valence electrons. The van der Waals surface area contributed by atoms with Gasteiger partial charge in [0.25, 0.3) is 5.97 Å². The number of hydrogen-bond donors (Lipinski definition) is 0. The lowest BCUT2D eigenvalue weighted by molar-refractivity contribution is -0.139. The van der Waals surface area contributed by atoms with Crippen LogP contribution in [0.3, 0.4) is 0 Å². The molecule has 2 nitrogen and oxygen atoms in total. The van der Waals surface area contributed by atoms with Gasteiger partial charge in [-0.1, -0.05) is 19.4 Å². The van der Waals surface area contributed by atoms with E-state index >= 15 is 0 Å². The van der Waals surface area contributed by atoms with E-state index in [1.165, 1.54) is 0 Å². The van der Waals surface area contributed by atoms with Gasteiger partial charge >= 0.3 is 0 Å². The number of carbonyl (C=O) groups is 1. The third-order valence-electron chi connectivity index (χ3n) is 1.83. The maximum absolute atomic E-state index is 11.7. The molecule has 0 aliphatic rings. The molecular weight excluding hydrogens is 192 g/mol. The van der Waals surface area contributed by atoms with Gasteiger partial charge in [-0.25, -0.2) is 0 Å². The first-order valence-electron chi connectivity index (χ1n) is 5.24. The quantitative estimate of drug-likeness (QED) is 0.500. The number of rotatable bonds is 6. The zero-order valence-electron chi connectivity index (χ0n) is 9.80. The fourth-order valence-electron chi connectivity index (χ4n) is 1.27. The SMILES string of the molecule is C=CCC(CCC)C(=O)O[Si](C)(C)C. The molecule has 0 amide bonds. The van der Waals surface area contributed by atoms with E-state index in [2.05, 4.69) is 13.5 Å². The van der Waals surface area contributed by atoms with Crippen LogP contribution in [-0.2, 0) is 9.22 Å². The summed E-state index contributed by atoms with van der Waals surface area (Å²) in [5, 5.41) is 0. The Morgan fingerprint density at radius 3 is 2.43 bits per heavy atom. The van der Waals surface area contributed by atoms with E-state index in [4.69, 9.17) is 4.43 Å². The molecule has 0 rings (SSSR count). The zero-order chi connectivity index (χ0) is 11.2. The molecule has 0 aliphatic heterocycles. The van der Waals surface area contributed by atoms with Crippen molar-refractivity contribution in [3.05, 3.63) is 12.7 Å². The van der Waals surface area contributed by atoms with Gasteiger partial charge in [0.2, 0.25) is 8.32 Å². The van der Waals surface area contributed by atoms with Crippen molar-refractivity contribution >= 4 is 14.3 Å². The fraction of sp³-hybridized carbons (Fsp3) is 0.727. The number of carbonyl (C=O) groups excluding carboxylic acids is 1. The standard InChI is InChI=1S/C11H22O2Si/c1-6-8-10(9-7-2)11(12)13-14(3,4)5/h6,10H,1,7-9H2,2-5H3. The summed E-state index contributed by atoms with van der Waals surface area (Å²) in [5.41, 5.74) is 0. The molecule has 0 aromatic rings. The van der Waals surface area contributed by atoms with Crippen molar-refractivity contribution in [1.82, 2.24) is 0 Å². The van der Waals surface area contributed by atoms with Crippen molar-refractivity contribution in [2.24, 2.45) is 5.92 Å². The summed E-state index contributed by atoms with van der Waals surface area (Å²) < 4.78 is 5.46. The van der Waals surface area contributed by atoms with Crippen LogP contribution in [0.15, 0.2) is 12.7 Å². The first-order valence-corrected chi connectivity index (χ1v) is 8.65. The largest absolute Gasteiger partial charge is 0.520 e. The Bertz CT molecular complexity index is 194. The third-order valence-corrected chi connectivity index (χ3v) is 2.64. The van der Waals surface area contributed by atoms with Crippen LogP contribution in [0.2, 0.25) is 19.6 Å². The highest BCUT2D eigenvalue weighted by Gasteiger charge is 2.25. The molecule has 0 spiro atoms. The van der Waals surface area contributed by atoms with Crippen LogP contribution in [0.1, 0.15) is 26.2 Å². The lowest BCUT2D eigenvalue weighted by Gasteiger charge is -2.21. The summed E-state index contributed by atoms with van der Waals surface area (Å²) >= 11 is 0. The topological polar surface area (TPSA) is 26.3 Å². The van der Waals surface area contributed by atoms with Crippen molar-refractivity contribution in [3.8, 4) is 0 Å². The van der Waals surface area contributed by atoms with Gasteiger partial charge in [0.05, 0.1) is 5.92 Å². The van der Waals surface area contributed by atoms with Crippen LogP contribution in [0.4, 0.5) is 0 Å². The van der Waals surface area contributed by atoms with Crippen LogP contribution in [0.25, 0.3) is 0 Å². The van der Waals surface area contributed by atoms with Gasteiger partial charge in [0, 0.05) is 0 Å². The molecule has 0 saturated heterocycles. The Morgan fingerprint density at radius 2 is 2.07 bits per heavy atom. The van der Waals surface area contributed by atoms with E-state index in [9.17, 15) is 4.79 Å². The molecule has 0 fully saturated rings. The second-order valence-corrected chi connectivity index (χ2v) is 8.97. The Morgan fingerprint density at radius 1 is 1.50 bits per heavy atom. The van der Waals surface area contributed by atoms with E-state index in [0.29, 0.717) is 0 Å². The Labute approximate surface area is 88.5 Å². The van der Waals surface area contributed by atoms with Crippen molar-refractivity contribution < 1.29 is 9.22 Å². The molecular formula is C11H22O2Si. The van der Waals surface area contributed by atoms with Gasteiger partial charge in [-0.05, 0) is 32.5 Å². The van der Waals surface area contributed by atoms with Crippen molar-refractivity contribution in [2.75, 3.05) is 0 Å². The monoisotopic (exact) mass is 214 g/mol. The predicted octanol–water partition coefficient (Wildman–Crippen LogP) is 3.36. The predicted molar refractivity (Wildman–Crippen MR) is 62.7 cm³/mol. The minimum Gasteiger partial charge on any atom is -0.520 e. The normalized spacial score (nSPS) is 13.4. The summed E-state index contributed by atoms with van der Waals surface area (Å²) in [7, 11) is -1.72. The van der Waals surface area contributed by atoms with Crippen LogP contribution in [-0.4, -0.2) is 14.3 Å². The first kappa shape index (κ1) is 13.4. The second-order valence-electron chi connectivity index (χ2n) is 4.54.